The van der Waals surface area contributed by atoms with E-state index in [1.54, 1.807) is 6.08 Å². The van der Waals surface area contributed by atoms with Gasteiger partial charge in [-0.15, -0.1) is 6.58 Å². The van der Waals surface area contributed by atoms with E-state index in [4.69, 9.17) is 9.47 Å². The third-order valence-electron chi connectivity index (χ3n) is 3.96. The molecule has 1 heterocycles. The van der Waals surface area contributed by atoms with Crippen molar-refractivity contribution in [1.82, 2.24) is 0 Å². The number of rotatable bonds is 2. The van der Waals surface area contributed by atoms with Gasteiger partial charge < -0.3 is 9.47 Å². The Morgan fingerprint density at radius 1 is 1.59 bits per heavy atom. The van der Waals surface area contributed by atoms with E-state index in [0.717, 1.165) is 18.4 Å². The van der Waals surface area contributed by atoms with Crippen LogP contribution in [0.2, 0.25) is 0 Å². The zero-order chi connectivity index (χ0) is 12.3. The van der Waals surface area contributed by atoms with Crippen LogP contribution in [0.25, 0.3) is 0 Å². The minimum Gasteiger partial charge on any atom is -0.341 e. The molecule has 3 heteroatoms. The summed E-state index contributed by atoms with van der Waals surface area (Å²) in [7, 11) is 0. The molecule has 1 aliphatic heterocycles. The van der Waals surface area contributed by atoms with Crippen LogP contribution < -0.4 is 0 Å². The third kappa shape index (κ3) is 1.53. The number of carbonyl (C=O) groups is 1. The molecule has 3 nitrogen and oxygen atoms in total. The van der Waals surface area contributed by atoms with Gasteiger partial charge in [0.05, 0.1) is 0 Å². The topological polar surface area (TPSA) is 35.5 Å². The summed E-state index contributed by atoms with van der Waals surface area (Å²) in [4.78, 5) is 11.5. The van der Waals surface area contributed by atoms with E-state index in [2.05, 4.69) is 6.58 Å². The molecule has 0 N–H and O–H groups in total. The minimum absolute atomic E-state index is 0.0630. The lowest BCUT2D eigenvalue weighted by molar-refractivity contribution is -0.167. The fraction of sp³-hybridized carbons (Fsp3) is 0.643. The van der Waals surface area contributed by atoms with Gasteiger partial charge in [0, 0.05) is 6.42 Å². The molecule has 3 rings (SSSR count). The predicted octanol–water partition coefficient (Wildman–Crippen LogP) is 2.37. The fourth-order valence-electron chi connectivity index (χ4n) is 3.58. The molecule has 0 spiro atoms. The molecule has 2 aliphatic carbocycles. The maximum atomic E-state index is 11.5. The van der Waals surface area contributed by atoms with Gasteiger partial charge in [-0.2, -0.15) is 0 Å². The Kier molecular flexibility index (Phi) is 2.17. The number of ether oxygens (including phenoxy) is 2. The second-order valence-electron chi connectivity index (χ2n) is 5.77. The minimum atomic E-state index is -0.564. The maximum Gasteiger partial charge on any atom is 0.164 e. The number of ketones is 1. The summed E-state index contributed by atoms with van der Waals surface area (Å²) in [6.45, 7) is 7.68. The highest BCUT2D eigenvalue weighted by Gasteiger charge is 2.61. The first-order valence-corrected chi connectivity index (χ1v) is 6.19. The SMILES string of the molecule is C=CC[C@]12C[C@@H]3CC(=O)C=C3[C@H]1OC(C)(C)O2. The molecule has 3 atom stereocenters. The largest absolute Gasteiger partial charge is 0.341 e. The molecule has 3 aliphatic rings. The molecule has 1 saturated carbocycles. The summed E-state index contributed by atoms with van der Waals surface area (Å²) in [6.07, 6.45) is 5.88. The monoisotopic (exact) mass is 234 g/mol. The highest BCUT2D eigenvalue weighted by molar-refractivity contribution is 5.94. The van der Waals surface area contributed by atoms with Gasteiger partial charge >= 0.3 is 0 Å². The molecular formula is C14H18O3. The van der Waals surface area contributed by atoms with Crippen molar-refractivity contribution in [2.45, 2.75) is 50.6 Å². The number of allylic oxidation sites excluding steroid dienone is 1. The molecule has 0 aromatic rings. The van der Waals surface area contributed by atoms with Gasteiger partial charge in [-0.3, -0.25) is 4.79 Å². The van der Waals surface area contributed by atoms with Crippen LogP contribution in [0.3, 0.4) is 0 Å². The van der Waals surface area contributed by atoms with Gasteiger partial charge in [-0.05, 0) is 44.3 Å². The van der Waals surface area contributed by atoms with Crippen LogP contribution in [0.15, 0.2) is 24.3 Å². The number of hydrogen-bond donors (Lipinski definition) is 0. The van der Waals surface area contributed by atoms with Crippen LogP contribution in [0, 0.1) is 5.92 Å². The van der Waals surface area contributed by atoms with E-state index in [1.807, 2.05) is 19.9 Å². The summed E-state index contributed by atoms with van der Waals surface area (Å²) < 4.78 is 12.1. The Balaban J connectivity index is 1.99. The number of carbonyl (C=O) groups excluding carboxylic acids is 1. The molecule has 0 aromatic carbocycles. The first-order chi connectivity index (χ1) is 7.96. The Hall–Kier alpha value is -0.930. The second kappa shape index (κ2) is 3.30. The van der Waals surface area contributed by atoms with E-state index in [9.17, 15) is 4.79 Å². The average molecular weight is 234 g/mol. The van der Waals surface area contributed by atoms with Crippen molar-refractivity contribution in [2.24, 2.45) is 5.92 Å². The van der Waals surface area contributed by atoms with Crippen molar-refractivity contribution < 1.29 is 14.3 Å². The lowest BCUT2D eigenvalue weighted by atomic mass is 9.93. The van der Waals surface area contributed by atoms with Crippen molar-refractivity contribution >= 4 is 5.78 Å². The zero-order valence-corrected chi connectivity index (χ0v) is 10.4. The van der Waals surface area contributed by atoms with Crippen LogP contribution in [0.1, 0.15) is 33.1 Å². The van der Waals surface area contributed by atoms with Crippen LogP contribution in [-0.2, 0) is 14.3 Å². The quantitative estimate of drug-likeness (QED) is 0.688. The fourth-order valence-corrected chi connectivity index (χ4v) is 3.58. The van der Waals surface area contributed by atoms with E-state index >= 15 is 0 Å². The number of hydrogen-bond acceptors (Lipinski definition) is 3. The van der Waals surface area contributed by atoms with Gasteiger partial charge in [-0.1, -0.05) is 6.08 Å². The number of fused-ring (bicyclic) bond motifs is 3. The summed E-state index contributed by atoms with van der Waals surface area (Å²) >= 11 is 0. The van der Waals surface area contributed by atoms with Crippen molar-refractivity contribution in [3.63, 3.8) is 0 Å². The Morgan fingerprint density at radius 3 is 3.06 bits per heavy atom. The van der Waals surface area contributed by atoms with Gasteiger partial charge in [0.1, 0.15) is 11.7 Å². The summed E-state index contributed by atoms with van der Waals surface area (Å²) in [6, 6.07) is 0. The highest BCUT2D eigenvalue weighted by atomic mass is 16.8. The van der Waals surface area contributed by atoms with Gasteiger partial charge in [0.2, 0.25) is 0 Å². The molecule has 17 heavy (non-hydrogen) atoms. The smallest absolute Gasteiger partial charge is 0.164 e. The Bertz CT molecular complexity index is 421. The van der Waals surface area contributed by atoms with Crippen LogP contribution in [0.4, 0.5) is 0 Å². The molecule has 0 aromatic heterocycles. The Morgan fingerprint density at radius 2 is 2.35 bits per heavy atom. The molecule has 1 saturated heterocycles. The van der Waals surface area contributed by atoms with Gasteiger partial charge in [0.25, 0.3) is 0 Å². The molecule has 0 unspecified atom stereocenters. The van der Waals surface area contributed by atoms with Crippen molar-refractivity contribution in [2.75, 3.05) is 0 Å². The second-order valence-corrected chi connectivity index (χ2v) is 5.77. The molecule has 0 amide bonds. The molecule has 2 fully saturated rings. The molecule has 0 radical (unpaired) electrons. The van der Waals surface area contributed by atoms with Crippen LogP contribution in [-0.4, -0.2) is 23.3 Å². The van der Waals surface area contributed by atoms with E-state index in [0.29, 0.717) is 12.3 Å². The molecule has 92 valence electrons. The predicted molar refractivity (Wildman–Crippen MR) is 63.4 cm³/mol. The van der Waals surface area contributed by atoms with E-state index < -0.39 is 5.79 Å². The average Bonchev–Trinajstić information content (AvgIpc) is 2.71. The lowest BCUT2D eigenvalue weighted by Gasteiger charge is -2.27. The Labute approximate surface area is 101 Å². The van der Waals surface area contributed by atoms with Crippen molar-refractivity contribution in [3.8, 4) is 0 Å². The van der Waals surface area contributed by atoms with Gasteiger partial charge in [-0.25, -0.2) is 0 Å². The van der Waals surface area contributed by atoms with E-state index in [1.165, 1.54) is 0 Å². The normalized spacial score (nSPS) is 42.2. The molecule has 0 bridgehead atoms. The standard InChI is InChI=1S/C14H18O3/c1-4-5-14-8-9-6-10(15)7-11(9)12(14)16-13(2,3)17-14/h4,7,9,12H,1,5-6,8H2,2-3H3/t9-,12+,14-/m0/s1. The lowest BCUT2D eigenvalue weighted by Crippen LogP contribution is -2.36. The van der Waals surface area contributed by atoms with Crippen molar-refractivity contribution in [3.05, 3.63) is 24.3 Å². The first-order valence-electron chi connectivity index (χ1n) is 6.19. The van der Waals surface area contributed by atoms with Crippen molar-refractivity contribution in [1.29, 1.82) is 0 Å². The summed E-state index contributed by atoms with van der Waals surface area (Å²) in [5.41, 5.74) is 0.852. The van der Waals surface area contributed by atoms with E-state index in [-0.39, 0.29) is 17.5 Å². The van der Waals surface area contributed by atoms with Crippen LogP contribution >= 0.6 is 0 Å². The molecular weight excluding hydrogens is 216 g/mol. The summed E-state index contributed by atoms with van der Waals surface area (Å²) in [5, 5.41) is 0. The maximum absolute atomic E-state index is 11.5. The third-order valence-corrected chi connectivity index (χ3v) is 3.96. The zero-order valence-electron chi connectivity index (χ0n) is 10.4. The van der Waals surface area contributed by atoms with Crippen LogP contribution in [0.5, 0.6) is 0 Å². The highest BCUT2D eigenvalue weighted by Crippen LogP contribution is 2.55. The van der Waals surface area contributed by atoms with Gasteiger partial charge in [0.15, 0.2) is 11.6 Å². The first kappa shape index (κ1) is 11.2. The summed E-state index contributed by atoms with van der Waals surface area (Å²) in [5.74, 6) is -0.0143.